The number of nitrogens with two attached hydrogens (primary N) is 1. The summed E-state index contributed by atoms with van der Waals surface area (Å²) in [6, 6.07) is 13.6. The number of rotatable bonds is 7. The van der Waals surface area contributed by atoms with Gasteiger partial charge in [-0.05, 0) is 56.1 Å². The van der Waals surface area contributed by atoms with Crippen LogP contribution in [0.25, 0.3) is 0 Å². The van der Waals surface area contributed by atoms with E-state index >= 15 is 0 Å². The molecule has 5 nitrogen and oxygen atoms in total. The van der Waals surface area contributed by atoms with Crippen molar-refractivity contribution in [3.05, 3.63) is 66.5 Å². The van der Waals surface area contributed by atoms with E-state index in [1.165, 1.54) is 6.07 Å². The van der Waals surface area contributed by atoms with E-state index < -0.39 is 0 Å². The van der Waals surface area contributed by atoms with Crippen LogP contribution in [-0.4, -0.2) is 37.0 Å². The van der Waals surface area contributed by atoms with Crippen LogP contribution in [0, 0.1) is 11.7 Å². The van der Waals surface area contributed by atoms with Crippen molar-refractivity contribution in [2.24, 2.45) is 5.92 Å². The van der Waals surface area contributed by atoms with Crippen LogP contribution < -0.4 is 15.8 Å². The third kappa shape index (κ3) is 5.33. The molecule has 1 heterocycles. The maximum atomic E-state index is 13.6. The summed E-state index contributed by atoms with van der Waals surface area (Å²) in [4.78, 5) is 14.5. The average molecular weight is 383 g/mol. The van der Waals surface area contributed by atoms with Gasteiger partial charge in [0.1, 0.15) is 0 Å². The van der Waals surface area contributed by atoms with E-state index in [1.807, 2.05) is 12.1 Å². The lowest BCUT2D eigenvalue weighted by molar-refractivity contribution is -0.113. The highest BCUT2D eigenvalue weighted by molar-refractivity contribution is 6.05. The van der Waals surface area contributed by atoms with Crippen LogP contribution in [0.2, 0.25) is 0 Å². The Kier molecular flexibility index (Phi) is 6.66. The van der Waals surface area contributed by atoms with E-state index in [4.69, 9.17) is 10.5 Å². The Morgan fingerprint density at radius 3 is 2.57 bits per heavy atom. The maximum absolute atomic E-state index is 13.6. The Labute approximate surface area is 165 Å². The SMILES string of the molecule is C=C(CN1CCC(COc2ccccc2F)CC1)C(=O)Nc1ccccc1N. The zero-order valence-corrected chi connectivity index (χ0v) is 15.9. The van der Waals surface area contributed by atoms with Crippen LogP contribution in [0.5, 0.6) is 5.75 Å². The molecule has 148 valence electrons. The van der Waals surface area contributed by atoms with E-state index in [-0.39, 0.29) is 11.7 Å². The number of amides is 1. The van der Waals surface area contributed by atoms with Crippen LogP contribution in [0.15, 0.2) is 60.7 Å². The fraction of sp³-hybridized carbons (Fsp3) is 0.318. The fourth-order valence-electron chi connectivity index (χ4n) is 3.24. The summed E-state index contributed by atoms with van der Waals surface area (Å²) in [5.41, 5.74) is 7.48. The van der Waals surface area contributed by atoms with Crippen molar-refractivity contribution in [2.75, 3.05) is 37.3 Å². The number of nitrogen functional groups attached to an aromatic ring is 1. The van der Waals surface area contributed by atoms with Crippen molar-refractivity contribution in [3.63, 3.8) is 0 Å². The number of nitrogens with one attached hydrogen (secondary N) is 1. The van der Waals surface area contributed by atoms with Crippen LogP contribution in [0.3, 0.4) is 0 Å². The number of carbonyl (C=O) groups is 1. The smallest absolute Gasteiger partial charge is 0.252 e. The molecule has 2 aromatic rings. The maximum Gasteiger partial charge on any atom is 0.252 e. The van der Waals surface area contributed by atoms with E-state index in [1.54, 1.807) is 30.3 Å². The molecule has 3 rings (SSSR count). The van der Waals surface area contributed by atoms with Crippen molar-refractivity contribution in [3.8, 4) is 5.75 Å². The van der Waals surface area contributed by atoms with Gasteiger partial charge < -0.3 is 15.8 Å². The van der Waals surface area contributed by atoms with Gasteiger partial charge in [0.05, 0.1) is 18.0 Å². The van der Waals surface area contributed by atoms with Gasteiger partial charge in [-0.15, -0.1) is 0 Å². The van der Waals surface area contributed by atoms with Gasteiger partial charge in [-0.1, -0.05) is 30.8 Å². The Bertz CT molecular complexity index is 832. The second-order valence-electron chi connectivity index (χ2n) is 7.11. The normalized spacial score (nSPS) is 15.2. The zero-order valence-electron chi connectivity index (χ0n) is 15.9. The van der Waals surface area contributed by atoms with Gasteiger partial charge in [-0.3, -0.25) is 9.69 Å². The monoisotopic (exact) mass is 383 g/mol. The van der Waals surface area contributed by atoms with Gasteiger partial charge in [-0.25, -0.2) is 4.39 Å². The molecule has 0 radical (unpaired) electrons. The van der Waals surface area contributed by atoms with Gasteiger partial charge in [-0.2, -0.15) is 0 Å². The van der Waals surface area contributed by atoms with Crippen molar-refractivity contribution in [1.82, 2.24) is 4.90 Å². The summed E-state index contributed by atoms with van der Waals surface area (Å²) < 4.78 is 19.2. The molecule has 28 heavy (non-hydrogen) atoms. The summed E-state index contributed by atoms with van der Waals surface area (Å²) in [6.07, 6.45) is 1.88. The molecular weight excluding hydrogens is 357 g/mol. The van der Waals surface area contributed by atoms with Crippen LogP contribution in [0.4, 0.5) is 15.8 Å². The lowest BCUT2D eigenvalue weighted by Gasteiger charge is -2.32. The standard InChI is InChI=1S/C22H26FN3O2/c1-16(22(27)25-20-8-4-3-7-19(20)24)14-26-12-10-17(11-13-26)15-28-21-9-5-2-6-18(21)23/h2-9,17H,1,10-15,24H2,(H,25,27). The largest absolute Gasteiger partial charge is 0.490 e. The average Bonchev–Trinajstić information content (AvgIpc) is 2.70. The predicted octanol–water partition coefficient (Wildman–Crippen LogP) is 3.69. The molecule has 1 amide bonds. The number of nitrogens with zero attached hydrogens (tertiary/aromatic N) is 1. The highest BCUT2D eigenvalue weighted by Gasteiger charge is 2.22. The molecule has 0 spiro atoms. The van der Waals surface area contributed by atoms with Gasteiger partial charge in [0.15, 0.2) is 11.6 Å². The molecule has 0 aromatic heterocycles. The minimum Gasteiger partial charge on any atom is -0.490 e. The molecule has 1 saturated heterocycles. The van der Waals surface area contributed by atoms with Gasteiger partial charge in [0.25, 0.3) is 5.91 Å². The first-order valence-electron chi connectivity index (χ1n) is 9.46. The number of likely N-dealkylation sites (tertiary alicyclic amines) is 1. The number of hydrogen-bond donors (Lipinski definition) is 2. The lowest BCUT2D eigenvalue weighted by Crippen LogP contribution is -2.38. The van der Waals surface area contributed by atoms with Crippen molar-refractivity contribution in [2.45, 2.75) is 12.8 Å². The van der Waals surface area contributed by atoms with E-state index in [9.17, 15) is 9.18 Å². The minimum atomic E-state index is -0.332. The molecule has 0 aliphatic carbocycles. The molecular formula is C22H26FN3O2. The molecule has 3 N–H and O–H groups in total. The minimum absolute atomic E-state index is 0.220. The van der Waals surface area contributed by atoms with Crippen molar-refractivity contribution < 1.29 is 13.9 Å². The first-order chi connectivity index (χ1) is 13.5. The fourth-order valence-corrected chi connectivity index (χ4v) is 3.24. The number of benzene rings is 2. The first-order valence-corrected chi connectivity index (χ1v) is 9.46. The van der Waals surface area contributed by atoms with Crippen molar-refractivity contribution >= 4 is 17.3 Å². The van der Waals surface area contributed by atoms with Crippen molar-refractivity contribution in [1.29, 1.82) is 0 Å². The zero-order chi connectivity index (χ0) is 19.9. The molecule has 1 aliphatic rings. The van der Waals surface area contributed by atoms with Gasteiger partial charge in [0.2, 0.25) is 0 Å². The van der Waals surface area contributed by atoms with Gasteiger partial charge in [0, 0.05) is 12.1 Å². The Balaban J connectivity index is 1.41. The summed E-state index contributed by atoms with van der Waals surface area (Å²) in [7, 11) is 0. The Morgan fingerprint density at radius 1 is 1.18 bits per heavy atom. The molecule has 2 aromatic carbocycles. The first kappa shape index (κ1) is 19.9. The summed E-state index contributed by atoms with van der Waals surface area (Å²) in [5, 5.41) is 2.81. The summed E-state index contributed by atoms with van der Waals surface area (Å²) in [5.74, 6) is 0.126. The molecule has 0 saturated carbocycles. The number of carbonyl (C=O) groups excluding carboxylic acids is 1. The summed E-state index contributed by atoms with van der Waals surface area (Å²) >= 11 is 0. The highest BCUT2D eigenvalue weighted by atomic mass is 19.1. The molecule has 1 fully saturated rings. The Morgan fingerprint density at radius 2 is 1.86 bits per heavy atom. The highest BCUT2D eigenvalue weighted by Crippen LogP contribution is 2.22. The van der Waals surface area contributed by atoms with E-state index in [2.05, 4.69) is 16.8 Å². The van der Waals surface area contributed by atoms with E-state index in [0.29, 0.717) is 41.8 Å². The number of ether oxygens (including phenoxy) is 1. The molecule has 1 aliphatic heterocycles. The number of anilines is 2. The quantitative estimate of drug-likeness (QED) is 0.565. The van der Waals surface area contributed by atoms with Crippen LogP contribution in [0.1, 0.15) is 12.8 Å². The predicted molar refractivity (Wildman–Crippen MR) is 110 cm³/mol. The third-order valence-electron chi connectivity index (χ3n) is 4.96. The molecule has 6 heteroatoms. The van der Waals surface area contributed by atoms with Gasteiger partial charge >= 0.3 is 0 Å². The topological polar surface area (TPSA) is 67.6 Å². The lowest BCUT2D eigenvalue weighted by atomic mass is 9.97. The second kappa shape index (κ2) is 9.37. The molecule has 0 bridgehead atoms. The third-order valence-corrected chi connectivity index (χ3v) is 4.96. The number of halogens is 1. The van der Waals surface area contributed by atoms with Crippen LogP contribution >= 0.6 is 0 Å². The summed E-state index contributed by atoms with van der Waals surface area (Å²) in [6.45, 7) is 6.64. The second-order valence-corrected chi connectivity index (χ2v) is 7.11. The Hall–Kier alpha value is -2.86. The number of para-hydroxylation sites is 3. The molecule has 0 unspecified atom stereocenters. The number of piperidine rings is 1. The van der Waals surface area contributed by atoms with E-state index in [0.717, 1.165) is 25.9 Å². The van der Waals surface area contributed by atoms with Crippen LogP contribution in [-0.2, 0) is 4.79 Å². The number of hydrogen-bond acceptors (Lipinski definition) is 4. The molecule has 0 atom stereocenters.